The lowest BCUT2D eigenvalue weighted by atomic mass is 10.4. The van der Waals surface area contributed by atoms with Gasteiger partial charge in [-0.15, -0.1) is 0 Å². The standard InChI is InChI=1S/C5Cl4F2/c6-1-2(7)4(10)5(9,11)3(1)8. The molecule has 0 aromatic rings. The Bertz CT molecular complexity index is 240. The summed E-state index contributed by atoms with van der Waals surface area (Å²) in [5.74, 6) is -1.36. The summed E-state index contributed by atoms with van der Waals surface area (Å²) in [6, 6.07) is 0. The van der Waals surface area contributed by atoms with Crippen LogP contribution in [-0.2, 0) is 0 Å². The zero-order valence-corrected chi connectivity index (χ0v) is 7.79. The molecule has 0 N–H and O–H groups in total. The van der Waals surface area contributed by atoms with Crippen LogP contribution in [0, 0.1) is 0 Å². The Balaban J connectivity index is 3.27. The highest BCUT2D eigenvalue weighted by Gasteiger charge is 2.46. The van der Waals surface area contributed by atoms with Gasteiger partial charge in [0.1, 0.15) is 0 Å². The van der Waals surface area contributed by atoms with E-state index in [9.17, 15) is 8.78 Å². The Hall–Kier alpha value is 0.500. The highest BCUT2D eigenvalue weighted by Crippen LogP contribution is 2.51. The molecule has 0 saturated heterocycles. The van der Waals surface area contributed by atoms with Crippen LogP contribution in [0.2, 0.25) is 0 Å². The molecule has 0 bridgehead atoms. The van der Waals surface area contributed by atoms with Gasteiger partial charge in [-0.25, -0.2) is 8.78 Å². The molecule has 11 heavy (non-hydrogen) atoms. The number of hydrogen-bond donors (Lipinski definition) is 0. The van der Waals surface area contributed by atoms with Crippen molar-refractivity contribution in [3.63, 3.8) is 0 Å². The fraction of sp³-hybridized carbons (Fsp3) is 0.200. The van der Waals surface area contributed by atoms with E-state index in [1.54, 1.807) is 0 Å². The van der Waals surface area contributed by atoms with Gasteiger partial charge >= 0.3 is 0 Å². The molecule has 0 aromatic carbocycles. The number of halogens is 6. The van der Waals surface area contributed by atoms with Crippen molar-refractivity contribution in [2.45, 2.75) is 5.13 Å². The van der Waals surface area contributed by atoms with Crippen LogP contribution in [0.15, 0.2) is 20.9 Å². The maximum atomic E-state index is 12.9. The summed E-state index contributed by atoms with van der Waals surface area (Å²) >= 11 is 20.7. The normalized spacial score (nSPS) is 32.2. The highest BCUT2D eigenvalue weighted by atomic mass is 35.5. The molecule has 0 saturated carbocycles. The Morgan fingerprint density at radius 1 is 1.09 bits per heavy atom. The topological polar surface area (TPSA) is 0 Å². The zero-order valence-electron chi connectivity index (χ0n) is 4.77. The first-order valence-corrected chi connectivity index (χ1v) is 3.90. The van der Waals surface area contributed by atoms with Gasteiger partial charge < -0.3 is 0 Å². The molecule has 1 rings (SSSR count). The molecule has 0 radical (unpaired) electrons. The van der Waals surface area contributed by atoms with Gasteiger partial charge in [-0.3, -0.25) is 0 Å². The van der Waals surface area contributed by atoms with Crippen LogP contribution in [0.5, 0.6) is 0 Å². The van der Waals surface area contributed by atoms with Crippen LogP contribution in [-0.4, -0.2) is 5.13 Å². The van der Waals surface area contributed by atoms with Crippen molar-refractivity contribution in [3.8, 4) is 0 Å². The van der Waals surface area contributed by atoms with Crippen molar-refractivity contribution in [1.29, 1.82) is 0 Å². The fourth-order valence-electron chi connectivity index (χ4n) is 0.565. The van der Waals surface area contributed by atoms with Crippen LogP contribution >= 0.6 is 46.4 Å². The van der Waals surface area contributed by atoms with Crippen molar-refractivity contribution in [3.05, 3.63) is 20.9 Å². The molecule has 6 heteroatoms. The Morgan fingerprint density at radius 3 is 1.64 bits per heavy atom. The van der Waals surface area contributed by atoms with Crippen LogP contribution in [0.1, 0.15) is 0 Å². The van der Waals surface area contributed by atoms with E-state index in [4.69, 9.17) is 46.4 Å². The summed E-state index contributed by atoms with van der Waals surface area (Å²) in [6.07, 6.45) is 0. The minimum absolute atomic E-state index is 0.386. The first-order valence-electron chi connectivity index (χ1n) is 2.38. The predicted octanol–water partition coefficient (Wildman–Crippen LogP) is 4.01. The third-order valence-corrected chi connectivity index (χ3v) is 2.96. The third-order valence-electron chi connectivity index (χ3n) is 1.13. The number of hydrogen-bond acceptors (Lipinski definition) is 0. The molecule has 0 heterocycles. The minimum Gasteiger partial charge on any atom is -0.212 e. The molecular formula is C5Cl4F2. The van der Waals surface area contributed by atoms with E-state index >= 15 is 0 Å². The predicted molar refractivity (Wildman–Crippen MR) is 42.4 cm³/mol. The molecule has 1 atom stereocenters. The van der Waals surface area contributed by atoms with Gasteiger partial charge in [0, 0.05) is 0 Å². The van der Waals surface area contributed by atoms with E-state index in [0.29, 0.717) is 0 Å². The van der Waals surface area contributed by atoms with E-state index in [1.807, 2.05) is 0 Å². The molecule has 1 unspecified atom stereocenters. The monoisotopic (exact) mass is 238 g/mol. The summed E-state index contributed by atoms with van der Waals surface area (Å²) < 4.78 is 25.5. The third kappa shape index (κ3) is 1.26. The first kappa shape index (κ1) is 9.59. The average molecular weight is 240 g/mol. The quantitative estimate of drug-likeness (QED) is 0.561. The Labute approximate surface area is 81.4 Å². The van der Waals surface area contributed by atoms with E-state index < -0.39 is 21.0 Å². The van der Waals surface area contributed by atoms with Gasteiger partial charge in [0.15, 0.2) is 5.83 Å². The van der Waals surface area contributed by atoms with Crippen molar-refractivity contribution in [1.82, 2.24) is 0 Å². The van der Waals surface area contributed by atoms with Crippen LogP contribution in [0.3, 0.4) is 0 Å². The largest absolute Gasteiger partial charge is 0.273 e. The van der Waals surface area contributed by atoms with Crippen LogP contribution < -0.4 is 0 Å². The van der Waals surface area contributed by atoms with E-state index in [-0.39, 0.29) is 5.03 Å². The molecule has 0 aromatic heterocycles. The lowest BCUT2D eigenvalue weighted by Gasteiger charge is -2.08. The minimum atomic E-state index is -2.88. The van der Waals surface area contributed by atoms with Gasteiger partial charge in [-0.2, -0.15) is 0 Å². The van der Waals surface area contributed by atoms with Crippen LogP contribution in [0.25, 0.3) is 0 Å². The van der Waals surface area contributed by atoms with Gasteiger partial charge in [0.25, 0.3) is 5.13 Å². The van der Waals surface area contributed by atoms with Gasteiger partial charge in [0.05, 0.1) is 15.1 Å². The second-order valence-electron chi connectivity index (χ2n) is 1.83. The smallest absolute Gasteiger partial charge is 0.212 e. The summed E-state index contributed by atoms with van der Waals surface area (Å²) in [5.41, 5.74) is 0. The molecule has 0 spiro atoms. The Kier molecular flexibility index (Phi) is 2.41. The van der Waals surface area contributed by atoms with E-state index in [0.717, 1.165) is 0 Å². The van der Waals surface area contributed by atoms with Crippen molar-refractivity contribution >= 4 is 46.4 Å². The van der Waals surface area contributed by atoms with Gasteiger partial charge in [-0.05, 0) is 0 Å². The second-order valence-corrected chi connectivity index (χ2v) is 3.49. The second kappa shape index (κ2) is 2.77. The molecule has 0 fully saturated rings. The lowest BCUT2D eigenvalue weighted by molar-refractivity contribution is 0.336. The highest BCUT2D eigenvalue weighted by molar-refractivity contribution is 6.53. The van der Waals surface area contributed by atoms with Crippen molar-refractivity contribution in [2.75, 3.05) is 0 Å². The first-order chi connectivity index (χ1) is 4.89. The van der Waals surface area contributed by atoms with Crippen LogP contribution in [0.4, 0.5) is 8.78 Å². The summed E-state index contributed by atoms with van der Waals surface area (Å²) in [5, 5.41) is -4.48. The zero-order chi connectivity index (χ0) is 8.81. The van der Waals surface area contributed by atoms with Crippen molar-refractivity contribution < 1.29 is 8.78 Å². The van der Waals surface area contributed by atoms with Crippen molar-refractivity contribution in [2.24, 2.45) is 0 Å². The maximum absolute atomic E-state index is 12.9. The number of rotatable bonds is 0. The molecular weight excluding hydrogens is 240 g/mol. The van der Waals surface area contributed by atoms with Gasteiger partial charge in [0.2, 0.25) is 0 Å². The molecule has 0 nitrogen and oxygen atoms in total. The average Bonchev–Trinajstić information content (AvgIpc) is 2.06. The Morgan fingerprint density at radius 2 is 1.55 bits per heavy atom. The summed E-state index contributed by atoms with van der Waals surface area (Å²) in [6.45, 7) is 0. The number of allylic oxidation sites excluding steroid dienone is 4. The van der Waals surface area contributed by atoms with E-state index in [2.05, 4.69) is 0 Å². The molecule has 0 amide bonds. The van der Waals surface area contributed by atoms with Gasteiger partial charge in [-0.1, -0.05) is 46.4 Å². The fourth-order valence-corrected chi connectivity index (χ4v) is 1.51. The SMILES string of the molecule is FC1=C(Cl)C(Cl)=C(Cl)C1(F)Cl. The molecule has 1 aliphatic carbocycles. The number of alkyl halides is 2. The molecule has 62 valence electrons. The lowest BCUT2D eigenvalue weighted by Crippen LogP contribution is -2.11. The maximum Gasteiger partial charge on any atom is 0.273 e. The molecule has 1 aliphatic rings. The molecule has 0 aliphatic heterocycles. The van der Waals surface area contributed by atoms with E-state index in [1.165, 1.54) is 0 Å². The summed E-state index contributed by atoms with van der Waals surface area (Å²) in [7, 11) is 0. The summed E-state index contributed by atoms with van der Waals surface area (Å²) in [4.78, 5) is 0.